The maximum absolute atomic E-state index is 12.6. The van der Waals surface area contributed by atoms with Crippen LogP contribution in [0.5, 0.6) is 5.75 Å². The van der Waals surface area contributed by atoms with Crippen LogP contribution in [-0.4, -0.2) is 42.2 Å². The first kappa shape index (κ1) is 15.3. The molecule has 4 heteroatoms. The molecule has 2 heterocycles. The minimum absolute atomic E-state index is 0.0327. The molecule has 0 aliphatic carbocycles. The standard InChI is InChI=1S/C18H25NO3/c1-2-13-3-4-16(17(20)11-13)18(21)19-8-5-15(12-19)14-6-9-22-10-7-14/h3-4,11,14-15,20H,2,5-10,12H2,1H3/t15-/m0/s1. The Morgan fingerprint density at radius 1 is 1.27 bits per heavy atom. The third-order valence-electron chi connectivity index (χ3n) is 5.15. The van der Waals surface area contributed by atoms with Gasteiger partial charge in [0.2, 0.25) is 0 Å². The molecule has 1 aromatic carbocycles. The van der Waals surface area contributed by atoms with Crippen LogP contribution in [0.2, 0.25) is 0 Å². The molecule has 4 nitrogen and oxygen atoms in total. The number of carbonyl (C=O) groups excluding carboxylic acids is 1. The number of carbonyl (C=O) groups is 1. The normalized spacial score (nSPS) is 23.0. The lowest BCUT2D eigenvalue weighted by molar-refractivity contribution is 0.0471. The van der Waals surface area contributed by atoms with Gasteiger partial charge in [-0.3, -0.25) is 4.79 Å². The molecule has 22 heavy (non-hydrogen) atoms. The molecule has 0 unspecified atom stereocenters. The number of rotatable bonds is 3. The molecule has 2 saturated heterocycles. The van der Waals surface area contributed by atoms with Gasteiger partial charge in [-0.05, 0) is 55.2 Å². The van der Waals surface area contributed by atoms with E-state index in [1.165, 1.54) is 0 Å². The van der Waals surface area contributed by atoms with Crippen LogP contribution in [-0.2, 0) is 11.2 Å². The van der Waals surface area contributed by atoms with E-state index in [1.54, 1.807) is 12.1 Å². The third-order valence-corrected chi connectivity index (χ3v) is 5.15. The molecule has 2 aliphatic rings. The van der Waals surface area contributed by atoms with Crippen molar-refractivity contribution in [3.8, 4) is 5.75 Å². The summed E-state index contributed by atoms with van der Waals surface area (Å²) in [5, 5.41) is 10.1. The summed E-state index contributed by atoms with van der Waals surface area (Å²) < 4.78 is 5.43. The quantitative estimate of drug-likeness (QED) is 0.934. The average molecular weight is 303 g/mol. The Balaban J connectivity index is 1.66. The van der Waals surface area contributed by atoms with Crippen molar-refractivity contribution in [3.63, 3.8) is 0 Å². The second-order valence-corrected chi connectivity index (χ2v) is 6.45. The van der Waals surface area contributed by atoms with E-state index < -0.39 is 0 Å². The summed E-state index contributed by atoms with van der Waals surface area (Å²) in [4.78, 5) is 14.5. The zero-order chi connectivity index (χ0) is 15.5. The highest BCUT2D eigenvalue weighted by atomic mass is 16.5. The molecule has 120 valence electrons. The smallest absolute Gasteiger partial charge is 0.257 e. The lowest BCUT2D eigenvalue weighted by Crippen LogP contribution is -2.31. The van der Waals surface area contributed by atoms with Crippen molar-refractivity contribution in [2.45, 2.75) is 32.6 Å². The number of ether oxygens (including phenoxy) is 1. The average Bonchev–Trinajstić information content (AvgIpc) is 3.05. The molecular weight excluding hydrogens is 278 g/mol. The van der Waals surface area contributed by atoms with Gasteiger partial charge in [0.1, 0.15) is 5.75 Å². The fourth-order valence-electron chi connectivity index (χ4n) is 3.69. The van der Waals surface area contributed by atoms with Gasteiger partial charge >= 0.3 is 0 Å². The van der Waals surface area contributed by atoms with Gasteiger partial charge in [-0.1, -0.05) is 13.0 Å². The van der Waals surface area contributed by atoms with Crippen LogP contribution in [0.4, 0.5) is 0 Å². The van der Waals surface area contributed by atoms with Gasteiger partial charge in [0.25, 0.3) is 5.91 Å². The first-order chi connectivity index (χ1) is 10.7. The number of aromatic hydroxyl groups is 1. The van der Waals surface area contributed by atoms with Crippen molar-refractivity contribution < 1.29 is 14.6 Å². The van der Waals surface area contributed by atoms with Crippen LogP contribution in [0.15, 0.2) is 18.2 Å². The second kappa shape index (κ2) is 6.69. The van der Waals surface area contributed by atoms with E-state index in [0.29, 0.717) is 17.4 Å². The van der Waals surface area contributed by atoms with Crippen molar-refractivity contribution in [3.05, 3.63) is 29.3 Å². The lowest BCUT2D eigenvalue weighted by atomic mass is 9.85. The summed E-state index contributed by atoms with van der Waals surface area (Å²) in [5.41, 5.74) is 1.49. The Kier molecular flexibility index (Phi) is 4.67. The number of phenols is 1. The molecule has 1 N–H and O–H groups in total. The third kappa shape index (κ3) is 3.12. The molecule has 1 aromatic rings. The topological polar surface area (TPSA) is 49.8 Å². The van der Waals surface area contributed by atoms with Crippen molar-refractivity contribution in [2.24, 2.45) is 11.8 Å². The second-order valence-electron chi connectivity index (χ2n) is 6.45. The van der Waals surface area contributed by atoms with Gasteiger partial charge in [0, 0.05) is 26.3 Å². The lowest BCUT2D eigenvalue weighted by Gasteiger charge is -2.27. The summed E-state index contributed by atoms with van der Waals surface area (Å²) in [7, 11) is 0. The van der Waals surface area contributed by atoms with Gasteiger partial charge in [-0.15, -0.1) is 0 Å². The highest BCUT2D eigenvalue weighted by Gasteiger charge is 2.33. The zero-order valence-corrected chi connectivity index (χ0v) is 13.3. The summed E-state index contributed by atoms with van der Waals surface area (Å²) in [6, 6.07) is 5.40. The van der Waals surface area contributed by atoms with E-state index in [9.17, 15) is 9.90 Å². The maximum atomic E-state index is 12.6. The van der Waals surface area contributed by atoms with Gasteiger partial charge < -0.3 is 14.7 Å². The minimum Gasteiger partial charge on any atom is -0.507 e. The molecule has 3 rings (SSSR count). The van der Waals surface area contributed by atoms with Gasteiger partial charge in [0.05, 0.1) is 5.56 Å². The Bertz CT molecular complexity index is 537. The SMILES string of the molecule is CCc1ccc(C(=O)N2CC[C@H](C3CCOCC3)C2)c(O)c1. The van der Waals surface area contributed by atoms with Crippen molar-refractivity contribution in [2.75, 3.05) is 26.3 Å². The van der Waals surface area contributed by atoms with E-state index in [-0.39, 0.29) is 11.7 Å². The van der Waals surface area contributed by atoms with Crippen LogP contribution in [0.3, 0.4) is 0 Å². The van der Waals surface area contributed by atoms with Crippen LogP contribution in [0.1, 0.15) is 42.1 Å². The van der Waals surface area contributed by atoms with Crippen LogP contribution < -0.4 is 0 Å². The van der Waals surface area contributed by atoms with E-state index in [0.717, 1.165) is 57.6 Å². The van der Waals surface area contributed by atoms with Crippen molar-refractivity contribution in [1.29, 1.82) is 0 Å². The van der Waals surface area contributed by atoms with Crippen LogP contribution >= 0.6 is 0 Å². The predicted molar refractivity (Wildman–Crippen MR) is 85.0 cm³/mol. The van der Waals surface area contributed by atoms with E-state index >= 15 is 0 Å². The number of phenolic OH excluding ortho intramolecular Hbond substituents is 1. The molecule has 1 atom stereocenters. The van der Waals surface area contributed by atoms with E-state index in [4.69, 9.17) is 4.74 Å². The van der Waals surface area contributed by atoms with Crippen molar-refractivity contribution in [1.82, 2.24) is 4.90 Å². The molecule has 0 spiro atoms. The molecule has 0 bridgehead atoms. The molecule has 0 radical (unpaired) electrons. The summed E-state index contributed by atoms with van der Waals surface area (Å²) in [6.45, 7) is 5.37. The fraction of sp³-hybridized carbons (Fsp3) is 0.611. The van der Waals surface area contributed by atoms with Crippen LogP contribution in [0, 0.1) is 11.8 Å². The number of likely N-dealkylation sites (tertiary alicyclic amines) is 1. The molecular formula is C18H25NO3. The predicted octanol–water partition coefficient (Wildman–Crippen LogP) is 2.84. The van der Waals surface area contributed by atoms with Crippen molar-refractivity contribution >= 4 is 5.91 Å². The molecule has 2 fully saturated rings. The zero-order valence-electron chi connectivity index (χ0n) is 13.3. The van der Waals surface area contributed by atoms with Gasteiger partial charge in [-0.25, -0.2) is 0 Å². The highest BCUT2D eigenvalue weighted by molar-refractivity contribution is 5.97. The summed E-state index contributed by atoms with van der Waals surface area (Å²) in [6.07, 6.45) is 4.16. The van der Waals surface area contributed by atoms with E-state index in [2.05, 4.69) is 0 Å². The summed E-state index contributed by atoms with van der Waals surface area (Å²) >= 11 is 0. The number of hydrogen-bond donors (Lipinski definition) is 1. The Hall–Kier alpha value is -1.55. The molecule has 0 saturated carbocycles. The highest BCUT2D eigenvalue weighted by Crippen LogP contribution is 2.32. The van der Waals surface area contributed by atoms with Crippen LogP contribution in [0.25, 0.3) is 0 Å². The van der Waals surface area contributed by atoms with Gasteiger partial charge in [-0.2, -0.15) is 0 Å². The fourth-order valence-corrected chi connectivity index (χ4v) is 3.69. The number of hydrogen-bond acceptors (Lipinski definition) is 3. The number of nitrogens with zero attached hydrogens (tertiary/aromatic N) is 1. The first-order valence-electron chi connectivity index (χ1n) is 8.38. The number of aryl methyl sites for hydroxylation is 1. The first-order valence-corrected chi connectivity index (χ1v) is 8.38. The molecule has 2 aliphatic heterocycles. The number of amides is 1. The minimum atomic E-state index is -0.0327. The molecule has 1 amide bonds. The van der Waals surface area contributed by atoms with Gasteiger partial charge in [0.15, 0.2) is 0 Å². The largest absolute Gasteiger partial charge is 0.507 e. The number of benzene rings is 1. The van der Waals surface area contributed by atoms with E-state index in [1.807, 2.05) is 17.9 Å². The Labute approximate surface area is 132 Å². The monoisotopic (exact) mass is 303 g/mol. The maximum Gasteiger partial charge on any atom is 0.257 e. The molecule has 0 aromatic heterocycles. The summed E-state index contributed by atoms with van der Waals surface area (Å²) in [5.74, 6) is 1.35. The Morgan fingerprint density at radius 3 is 2.73 bits per heavy atom. The Morgan fingerprint density at radius 2 is 2.05 bits per heavy atom.